The number of fused-ring (bicyclic) bond motifs is 4. The van der Waals surface area contributed by atoms with Crippen molar-refractivity contribution < 1.29 is 0 Å². The molecule has 0 radical (unpaired) electrons. The van der Waals surface area contributed by atoms with Crippen LogP contribution in [0.4, 0.5) is 5.82 Å². The Balaban J connectivity index is 1.69. The molecule has 7 heteroatoms. The summed E-state index contributed by atoms with van der Waals surface area (Å²) in [4.78, 5) is 13.5. The van der Waals surface area contributed by atoms with Gasteiger partial charge in [0, 0.05) is 18.0 Å². The van der Waals surface area contributed by atoms with Crippen LogP contribution >= 0.6 is 0 Å². The van der Waals surface area contributed by atoms with Gasteiger partial charge in [0.05, 0.1) is 33.8 Å². The smallest absolute Gasteiger partial charge is 0.157 e. The van der Waals surface area contributed by atoms with Crippen LogP contribution in [0.1, 0.15) is 29.2 Å². The zero-order valence-corrected chi connectivity index (χ0v) is 17.2. The number of nitrogens with zero attached hydrogens (tertiary/aromatic N) is 6. The van der Waals surface area contributed by atoms with Gasteiger partial charge < -0.3 is 0 Å². The van der Waals surface area contributed by atoms with Crippen LogP contribution in [-0.2, 0) is 6.42 Å². The molecule has 0 saturated heterocycles. The molecule has 0 saturated carbocycles. The van der Waals surface area contributed by atoms with E-state index >= 15 is 0 Å². The molecule has 0 spiro atoms. The third kappa shape index (κ3) is 2.97. The quantitative estimate of drug-likeness (QED) is 0.348. The Hall–Kier alpha value is -4.31. The highest BCUT2D eigenvalue weighted by atomic mass is 15.3. The van der Waals surface area contributed by atoms with Gasteiger partial charge in [0.15, 0.2) is 5.65 Å². The van der Waals surface area contributed by atoms with E-state index in [0.29, 0.717) is 11.2 Å². The van der Waals surface area contributed by atoms with Crippen LogP contribution in [0.3, 0.4) is 0 Å². The topological polar surface area (TPSA) is 91.3 Å². The van der Waals surface area contributed by atoms with Crippen molar-refractivity contribution in [3.63, 3.8) is 0 Å². The monoisotopic (exact) mass is 405 g/mol. The highest BCUT2D eigenvalue weighted by Crippen LogP contribution is 2.31. The number of imidazole rings is 1. The molecule has 2 aromatic carbocycles. The van der Waals surface area contributed by atoms with Gasteiger partial charge in [0.25, 0.3) is 0 Å². The molecular formula is C24H19N7. The summed E-state index contributed by atoms with van der Waals surface area (Å²) in [5, 5.41) is 14.3. The van der Waals surface area contributed by atoms with Crippen LogP contribution in [0.25, 0.3) is 27.7 Å². The summed E-state index contributed by atoms with van der Waals surface area (Å²) in [5.41, 5.74) is 10.6. The maximum absolute atomic E-state index is 9.81. The fourth-order valence-electron chi connectivity index (χ4n) is 4.02. The molecule has 3 heterocycles. The first-order valence-corrected chi connectivity index (χ1v) is 10.0. The van der Waals surface area contributed by atoms with Crippen molar-refractivity contribution in [1.82, 2.24) is 19.4 Å². The zero-order chi connectivity index (χ0) is 21.4. The number of aromatic nitrogens is 4. The highest BCUT2D eigenvalue weighted by Gasteiger charge is 2.19. The molecule has 0 aliphatic heterocycles. The molecule has 1 N–H and O–H groups in total. The average molecular weight is 405 g/mol. The van der Waals surface area contributed by atoms with Crippen molar-refractivity contribution in [2.45, 2.75) is 20.3 Å². The minimum absolute atomic E-state index is 0.590. The lowest BCUT2D eigenvalue weighted by Gasteiger charge is -2.15. The summed E-state index contributed by atoms with van der Waals surface area (Å²) in [6.45, 7) is 4.04. The summed E-state index contributed by atoms with van der Waals surface area (Å²) < 4.78 is 1.99. The van der Waals surface area contributed by atoms with E-state index in [2.05, 4.69) is 33.5 Å². The van der Waals surface area contributed by atoms with Crippen molar-refractivity contribution in [2.24, 2.45) is 5.10 Å². The third-order valence-corrected chi connectivity index (χ3v) is 5.49. The molecule has 0 fully saturated rings. The summed E-state index contributed by atoms with van der Waals surface area (Å²) in [5.74, 6) is 0.810. The van der Waals surface area contributed by atoms with Crippen LogP contribution in [0.2, 0.25) is 0 Å². The Morgan fingerprint density at radius 1 is 1.10 bits per heavy atom. The average Bonchev–Trinajstić information content (AvgIpc) is 3.18. The maximum atomic E-state index is 9.81. The third-order valence-electron chi connectivity index (χ3n) is 5.49. The maximum Gasteiger partial charge on any atom is 0.157 e. The predicted octanol–water partition coefficient (Wildman–Crippen LogP) is 4.62. The van der Waals surface area contributed by atoms with Gasteiger partial charge in [0.1, 0.15) is 11.9 Å². The van der Waals surface area contributed by atoms with E-state index in [1.807, 2.05) is 53.8 Å². The number of hydrogen-bond donors (Lipinski definition) is 1. The molecule has 0 atom stereocenters. The minimum Gasteiger partial charge on any atom is -0.276 e. The zero-order valence-electron chi connectivity index (χ0n) is 17.2. The van der Waals surface area contributed by atoms with Crippen molar-refractivity contribution in [2.75, 3.05) is 5.43 Å². The number of para-hydroxylation sites is 3. The van der Waals surface area contributed by atoms with E-state index in [1.165, 1.54) is 0 Å². The number of nitrogens with one attached hydrogen (secondary N) is 1. The number of hydrogen-bond acceptors (Lipinski definition) is 6. The first-order chi connectivity index (χ1) is 15.2. The molecule has 150 valence electrons. The molecule has 31 heavy (non-hydrogen) atoms. The van der Waals surface area contributed by atoms with Gasteiger partial charge in [-0.25, -0.2) is 4.98 Å². The normalized spacial score (nSPS) is 11.5. The molecule has 0 amide bonds. The van der Waals surface area contributed by atoms with E-state index in [1.54, 1.807) is 18.6 Å². The summed E-state index contributed by atoms with van der Waals surface area (Å²) in [6, 6.07) is 16.0. The number of benzene rings is 2. The van der Waals surface area contributed by atoms with Gasteiger partial charge in [-0.05, 0) is 42.7 Å². The van der Waals surface area contributed by atoms with Crippen molar-refractivity contribution in [3.8, 4) is 6.07 Å². The number of hydrazone groups is 1. The van der Waals surface area contributed by atoms with Crippen molar-refractivity contribution in [1.29, 1.82) is 5.26 Å². The molecule has 7 nitrogen and oxygen atoms in total. The van der Waals surface area contributed by atoms with Crippen molar-refractivity contribution in [3.05, 3.63) is 77.1 Å². The molecular weight excluding hydrogens is 386 g/mol. The molecule has 3 aromatic heterocycles. The number of nitriles is 1. The second-order valence-corrected chi connectivity index (χ2v) is 7.19. The molecule has 0 aliphatic carbocycles. The van der Waals surface area contributed by atoms with Gasteiger partial charge in [-0.3, -0.25) is 19.8 Å². The van der Waals surface area contributed by atoms with Crippen LogP contribution in [0, 0.1) is 18.3 Å². The molecule has 0 unspecified atom stereocenters. The lowest BCUT2D eigenvalue weighted by atomic mass is 10.0. The Bertz CT molecular complexity index is 1520. The first kappa shape index (κ1) is 18.7. The molecule has 5 aromatic rings. The Morgan fingerprint density at radius 3 is 2.74 bits per heavy atom. The summed E-state index contributed by atoms with van der Waals surface area (Å²) >= 11 is 0. The minimum atomic E-state index is 0.590. The fourth-order valence-corrected chi connectivity index (χ4v) is 4.02. The Labute approximate surface area is 178 Å². The number of anilines is 1. The van der Waals surface area contributed by atoms with Crippen molar-refractivity contribution >= 4 is 39.7 Å². The second kappa shape index (κ2) is 7.50. The first-order valence-electron chi connectivity index (χ1n) is 10.0. The molecule has 0 aliphatic rings. The van der Waals surface area contributed by atoms with E-state index in [9.17, 15) is 5.26 Å². The van der Waals surface area contributed by atoms with Crippen LogP contribution < -0.4 is 5.43 Å². The molecule has 0 bridgehead atoms. The predicted molar refractivity (Wildman–Crippen MR) is 122 cm³/mol. The lowest BCUT2D eigenvalue weighted by Crippen LogP contribution is -2.07. The number of pyridine rings is 1. The standard InChI is InChI=1S/C24H19N7/c1-3-17-15(2)18(13-25)23-29-19-8-4-5-10-21(19)31(23)24(17)30-28-14-16-7-6-9-20-22(16)27-12-11-26-20/h4-12,14,30H,3H2,1-2H3/b28-14-. The van der Waals surface area contributed by atoms with E-state index < -0.39 is 0 Å². The second-order valence-electron chi connectivity index (χ2n) is 7.19. The highest BCUT2D eigenvalue weighted by molar-refractivity contribution is 5.96. The fraction of sp³-hybridized carbons (Fsp3) is 0.125. The summed E-state index contributed by atoms with van der Waals surface area (Å²) in [6.07, 6.45) is 5.85. The van der Waals surface area contributed by atoms with Gasteiger partial charge in [-0.2, -0.15) is 10.4 Å². The Kier molecular flexibility index (Phi) is 4.53. The van der Waals surface area contributed by atoms with Gasteiger partial charge in [0.2, 0.25) is 0 Å². The SMILES string of the molecule is CCc1c(C)c(C#N)c2nc3ccccc3n2c1N/N=C\c1cccc2nccnc12. The largest absolute Gasteiger partial charge is 0.276 e. The Morgan fingerprint density at radius 2 is 1.90 bits per heavy atom. The summed E-state index contributed by atoms with van der Waals surface area (Å²) in [7, 11) is 0. The van der Waals surface area contributed by atoms with E-state index in [4.69, 9.17) is 4.98 Å². The molecule has 5 rings (SSSR count). The number of rotatable bonds is 4. The van der Waals surface area contributed by atoms with Crippen LogP contribution in [-0.4, -0.2) is 25.6 Å². The van der Waals surface area contributed by atoms with Gasteiger partial charge in [-0.1, -0.05) is 31.2 Å². The lowest BCUT2D eigenvalue weighted by molar-refractivity contribution is 1.04. The van der Waals surface area contributed by atoms with Crippen LogP contribution in [0.15, 0.2) is 60.0 Å². The van der Waals surface area contributed by atoms with E-state index in [0.717, 1.165) is 51.0 Å². The van der Waals surface area contributed by atoms with Gasteiger partial charge in [-0.15, -0.1) is 0 Å². The van der Waals surface area contributed by atoms with Gasteiger partial charge >= 0.3 is 0 Å². The van der Waals surface area contributed by atoms with E-state index in [-0.39, 0.29) is 0 Å². The van der Waals surface area contributed by atoms with Crippen LogP contribution in [0.5, 0.6) is 0 Å².